The van der Waals surface area contributed by atoms with Crippen molar-refractivity contribution in [1.82, 2.24) is 19.7 Å². The van der Waals surface area contributed by atoms with Gasteiger partial charge in [0.2, 0.25) is 5.91 Å². The number of primary amides is 1. The lowest BCUT2D eigenvalue weighted by molar-refractivity contribution is -0.134. The lowest BCUT2D eigenvalue weighted by atomic mass is 10.1. The Morgan fingerprint density at radius 1 is 1.23 bits per heavy atom. The van der Waals surface area contributed by atoms with Gasteiger partial charge >= 0.3 is 0 Å². The lowest BCUT2D eigenvalue weighted by Crippen LogP contribution is -2.44. The van der Waals surface area contributed by atoms with Gasteiger partial charge in [0, 0.05) is 5.39 Å². The first-order valence-corrected chi connectivity index (χ1v) is 10.8. The zero-order valence-electron chi connectivity index (χ0n) is 18.0. The lowest BCUT2D eigenvalue weighted by Gasteiger charge is -2.25. The highest BCUT2D eigenvalue weighted by atomic mass is 35.5. The fraction of sp³-hybridized carbons (Fsp3) is 0.0833. The van der Waals surface area contributed by atoms with E-state index >= 15 is 0 Å². The standard InChI is InChI=1S/C24H16ClN7O3/c25-19-5-2-6-20(28-19)29-24(35)18-10-14-3-1-4-16(14)32(18)21(33)12-31-17-8-7-13(11-26)9-15(17)22(30-31)23(27)34/h1-10,18H,12H2,(H2,27,34)(H,28,29,35)/t18-/m0/s1. The van der Waals surface area contributed by atoms with Crippen molar-refractivity contribution in [2.24, 2.45) is 5.73 Å². The molecular formula is C24H16ClN7O3. The second kappa shape index (κ2) is 8.55. The molecule has 3 amide bonds. The van der Waals surface area contributed by atoms with E-state index in [0.29, 0.717) is 22.2 Å². The maximum atomic E-state index is 13.5. The van der Waals surface area contributed by atoms with E-state index in [-0.39, 0.29) is 23.2 Å². The average molecular weight is 486 g/mol. The largest absolute Gasteiger partial charge is 0.364 e. The minimum Gasteiger partial charge on any atom is -0.364 e. The number of hydrogen-bond acceptors (Lipinski definition) is 6. The van der Waals surface area contributed by atoms with Crippen LogP contribution in [-0.2, 0) is 16.1 Å². The maximum absolute atomic E-state index is 13.5. The van der Waals surface area contributed by atoms with Crippen LogP contribution in [0.25, 0.3) is 10.9 Å². The zero-order valence-corrected chi connectivity index (χ0v) is 18.7. The summed E-state index contributed by atoms with van der Waals surface area (Å²) in [5.41, 5.74) is 7.52. The predicted octanol–water partition coefficient (Wildman–Crippen LogP) is 2.28. The first-order chi connectivity index (χ1) is 16.9. The second-order valence-corrected chi connectivity index (χ2v) is 8.18. The van der Waals surface area contributed by atoms with E-state index in [0.717, 1.165) is 5.57 Å². The molecule has 0 saturated carbocycles. The Morgan fingerprint density at radius 2 is 2.06 bits per heavy atom. The van der Waals surface area contributed by atoms with Crippen LogP contribution >= 0.6 is 11.6 Å². The molecule has 1 atom stereocenters. The molecule has 0 radical (unpaired) electrons. The number of hydrogen-bond donors (Lipinski definition) is 2. The van der Waals surface area contributed by atoms with Crippen molar-refractivity contribution >= 4 is 46.0 Å². The number of benzene rings is 1. The molecule has 3 heterocycles. The molecule has 3 N–H and O–H groups in total. The first-order valence-electron chi connectivity index (χ1n) is 10.4. The highest BCUT2D eigenvalue weighted by Crippen LogP contribution is 2.33. The second-order valence-electron chi connectivity index (χ2n) is 7.79. The van der Waals surface area contributed by atoms with E-state index < -0.39 is 23.8 Å². The van der Waals surface area contributed by atoms with Crippen LogP contribution in [0.5, 0.6) is 0 Å². The molecule has 0 saturated heterocycles. The minimum absolute atomic E-state index is 0.0480. The van der Waals surface area contributed by atoms with Gasteiger partial charge in [-0.05, 0) is 48.1 Å². The number of carbonyl (C=O) groups is 3. The van der Waals surface area contributed by atoms with E-state index in [9.17, 15) is 19.6 Å². The third-order valence-corrected chi connectivity index (χ3v) is 5.81. The van der Waals surface area contributed by atoms with E-state index in [1.807, 2.05) is 6.07 Å². The highest BCUT2D eigenvalue weighted by Gasteiger charge is 2.38. The molecule has 2 aromatic heterocycles. The van der Waals surface area contributed by atoms with Gasteiger partial charge in [-0.15, -0.1) is 0 Å². The molecule has 0 bridgehead atoms. The van der Waals surface area contributed by atoms with Gasteiger partial charge in [-0.25, -0.2) is 4.98 Å². The van der Waals surface area contributed by atoms with Crippen molar-refractivity contribution in [2.45, 2.75) is 12.6 Å². The number of carbonyl (C=O) groups excluding carboxylic acids is 3. The van der Waals surface area contributed by atoms with E-state index in [2.05, 4.69) is 15.4 Å². The number of aromatic nitrogens is 3. The number of amides is 3. The number of nitrogens with zero attached hydrogens (tertiary/aromatic N) is 5. The van der Waals surface area contributed by atoms with E-state index in [1.54, 1.807) is 54.6 Å². The molecule has 3 aromatic rings. The topological polar surface area (TPSA) is 147 Å². The van der Waals surface area contributed by atoms with Crippen LogP contribution in [0.3, 0.4) is 0 Å². The summed E-state index contributed by atoms with van der Waals surface area (Å²) < 4.78 is 1.34. The Hall–Kier alpha value is -4.75. The molecular weight excluding hydrogens is 470 g/mol. The Morgan fingerprint density at radius 3 is 2.80 bits per heavy atom. The molecule has 172 valence electrons. The molecule has 35 heavy (non-hydrogen) atoms. The summed E-state index contributed by atoms with van der Waals surface area (Å²) in [6, 6.07) is 10.5. The van der Waals surface area contributed by atoms with Crippen LogP contribution in [0.4, 0.5) is 5.82 Å². The van der Waals surface area contributed by atoms with E-state index in [4.69, 9.17) is 17.3 Å². The van der Waals surface area contributed by atoms with Crippen molar-refractivity contribution < 1.29 is 14.4 Å². The van der Waals surface area contributed by atoms with Crippen LogP contribution in [0.2, 0.25) is 5.15 Å². The molecule has 1 aromatic carbocycles. The number of nitrogens with one attached hydrogen (secondary N) is 1. The Balaban J connectivity index is 1.46. The number of fused-ring (bicyclic) bond motifs is 2. The number of anilines is 1. The number of pyridine rings is 1. The van der Waals surface area contributed by atoms with Crippen molar-refractivity contribution in [3.63, 3.8) is 0 Å². The fourth-order valence-corrected chi connectivity index (χ4v) is 4.26. The number of nitrogens with two attached hydrogens (primary N) is 1. The molecule has 1 aliphatic carbocycles. The number of halogens is 1. The van der Waals surface area contributed by atoms with Crippen LogP contribution in [0, 0.1) is 11.3 Å². The van der Waals surface area contributed by atoms with Gasteiger partial charge in [0.25, 0.3) is 11.8 Å². The predicted molar refractivity (Wildman–Crippen MR) is 127 cm³/mol. The SMILES string of the molecule is N#Cc1ccc2c(c1)c(C(N)=O)nn2CC(=O)N1C2=CC=CC2=C[C@H]1C(=O)Nc1cccc(Cl)n1. The van der Waals surface area contributed by atoms with Gasteiger partial charge in [0.1, 0.15) is 23.6 Å². The average Bonchev–Trinajstić information content (AvgIpc) is 3.51. The summed E-state index contributed by atoms with van der Waals surface area (Å²) in [5.74, 6) is -1.43. The summed E-state index contributed by atoms with van der Waals surface area (Å²) in [6.45, 7) is -0.271. The Bertz CT molecular complexity index is 1560. The van der Waals surface area contributed by atoms with Gasteiger partial charge in [0.05, 0.1) is 22.8 Å². The fourth-order valence-electron chi connectivity index (χ4n) is 4.10. The Kier molecular flexibility index (Phi) is 5.39. The maximum Gasteiger partial charge on any atom is 0.269 e. The summed E-state index contributed by atoms with van der Waals surface area (Å²) in [7, 11) is 0. The number of allylic oxidation sites excluding steroid dienone is 3. The molecule has 10 nitrogen and oxygen atoms in total. The van der Waals surface area contributed by atoms with Crippen LogP contribution < -0.4 is 11.1 Å². The molecule has 2 aliphatic rings. The van der Waals surface area contributed by atoms with Crippen molar-refractivity contribution in [3.05, 3.63) is 88.4 Å². The van der Waals surface area contributed by atoms with Crippen LogP contribution in [0.15, 0.2) is 72.0 Å². The molecule has 11 heteroatoms. The van der Waals surface area contributed by atoms with Crippen molar-refractivity contribution in [2.75, 3.05) is 5.32 Å². The Labute approximate surface area is 203 Å². The normalized spacial score (nSPS) is 16.0. The summed E-state index contributed by atoms with van der Waals surface area (Å²) in [4.78, 5) is 44.0. The monoisotopic (exact) mass is 485 g/mol. The van der Waals surface area contributed by atoms with Gasteiger partial charge in [-0.3, -0.25) is 24.0 Å². The quantitative estimate of drug-likeness (QED) is 0.530. The molecule has 1 aliphatic heterocycles. The third-order valence-electron chi connectivity index (χ3n) is 5.60. The minimum atomic E-state index is -0.933. The first kappa shape index (κ1) is 22.1. The van der Waals surface area contributed by atoms with Crippen LogP contribution in [0.1, 0.15) is 16.1 Å². The van der Waals surface area contributed by atoms with Gasteiger partial charge in [-0.2, -0.15) is 10.4 Å². The number of nitriles is 1. The number of rotatable bonds is 5. The third kappa shape index (κ3) is 3.94. The summed E-state index contributed by atoms with van der Waals surface area (Å²) in [5, 5.41) is 16.7. The van der Waals surface area contributed by atoms with Gasteiger partial charge in [-0.1, -0.05) is 29.8 Å². The molecule has 0 fully saturated rings. The van der Waals surface area contributed by atoms with Gasteiger partial charge in [0.15, 0.2) is 5.69 Å². The smallest absolute Gasteiger partial charge is 0.269 e. The van der Waals surface area contributed by atoms with E-state index in [1.165, 1.54) is 15.6 Å². The van der Waals surface area contributed by atoms with Crippen molar-refractivity contribution in [1.29, 1.82) is 5.26 Å². The molecule has 0 spiro atoms. The molecule has 5 rings (SSSR count). The summed E-state index contributed by atoms with van der Waals surface area (Å²) >= 11 is 5.91. The highest BCUT2D eigenvalue weighted by molar-refractivity contribution is 6.29. The van der Waals surface area contributed by atoms with Gasteiger partial charge < -0.3 is 11.1 Å². The zero-order chi connectivity index (χ0) is 24.7. The summed E-state index contributed by atoms with van der Waals surface area (Å²) in [6.07, 6.45) is 7.01. The van der Waals surface area contributed by atoms with Crippen LogP contribution in [-0.4, -0.2) is 43.4 Å². The molecule has 0 unspecified atom stereocenters. The van der Waals surface area contributed by atoms with Crippen molar-refractivity contribution in [3.8, 4) is 6.07 Å².